The quantitative estimate of drug-likeness (QED) is 0.857. The minimum Gasteiger partial charge on any atom is -0.378 e. The first-order valence-corrected chi connectivity index (χ1v) is 5.09. The van der Waals surface area contributed by atoms with Gasteiger partial charge in [0, 0.05) is 18.2 Å². The van der Waals surface area contributed by atoms with E-state index < -0.39 is 17.5 Å². The molecule has 0 saturated heterocycles. The third kappa shape index (κ3) is 2.78. The largest absolute Gasteiger partial charge is 0.378 e. The van der Waals surface area contributed by atoms with Crippen LogP contribution >= 0.6 is 0 Å². The van der Waals surface area contributed by atoms with Crippen molar-refractivity contribution in [3.8, 4) is 0 Å². The van der Waals surface area contributed by atoms with Crippen LogP contribution in [-0.4, -0.2) is 0 Å². The van der Waals surface area contributed by atoms with Crippen molar-refractivity contribution < 1.29 is 13.2 Å². The van der Waals surface area contributed by atoms with Gasteiger partial charge in [0.05, 0.1) is 5.69 Å². The predicted molar refractivity (Wildman–Crippen MR) is 60.1 cm³/mol. The number of rotatable bonds is 3. The molecule has 17 heavy (non-hydrogen) atoms. The van der Waals surface area contributed by atoms with Crippen molar-refractivity contribution in [1.82, 2.24) is 0 Å². The van der Waals surface area contributed by atoms with Crippen LogP contribution in [0.5, 0.6) is 0 Å². The molecule has 1 N–H and O–H groups in total. The van der Waals surface area contributed by atoms with Gasteiger partial charge in [-0.2, -0.15) is 0 Å². The van der Waals surface area contributed by atoms with E-state index in [1.54, 1.807) is 18.2 Å². The van der Waals surface area contributed by atoms with E-state index in [1.165, 1.54) is 18.2 Å². The number of halogens is 3. The summed E-state index contributed by atoms with van der Waals surface area (Å²) in [5.41, 5.74) is 0.575. The molecule has 0 unspecified atom stereocenters. The van der Waals surface area contributed by atoms with E-state index in [-0.39, 0.29) is 17.8 Å². The molecule has 0 atom stereocenters. The van der Waals surface area contributed by atoms with Crippen molar-refractivity contribution >= 4 is 5.69 Å². The van der Waals surface area contributed by atoms with E-state index in [0.717, 1.165) is 6.07 Å². The molecular weight excluding hydrogens is 227 g/mol. The highest BCUT2D eigenvalue weighted by Gasteiger charge is 2.05. The van der Waals surface area contributed by atoms with Gasteiger partial charge in [0.2, 0.25) is 0 Å². The van der Waals surface area contributed by atoms with Gasteiger partial charge in [-0.3, -0.25) is 0 Å². The third-order valence-electron chi connectivity index (χ3n) is 2.36. The molecule has 4 heteroatoms. The zero-order chi connectivity index (χ0) is 12.3. The Balaban J connectivity index is 2.10. The molecule has 0 saturated carbocycles. The van der Waals surface area contributed by atoms with Gasteiger partial charge in [-0.1, -0.05) is 18.2 Å². The maximum atomic E-state index is 13.3. The van der Waals surface area contributed by atoms with Crippen LogP contribution in [0.15, 0.2) is 42.5 Å². The molecule has 0 spiro atoms. The van der Waals surface area contributed by atoms with Crippen LogP contribution in [0.4, 0.5) is 18.9 Å². The van der Waals surface area contributed by atoms with Crippen molar-refractivity contribution in [2.75, 3.05) is 5.32 Å². The van der Waals surface area contributed by atoms with Gasteiger partial charge in [-0.05, 0) is 18.2 Å². The Morgan fingerprint density at radius 2 is 1.65 bits per heavy atom. The van der Waals surface area contributed by atoms with Gasteiger partial charge in [-0.25, -0.2) is 13.2 Å². The summed E-state index contributed by atoms with van der Waals surface area (Å²) in [5, 5.41) is 2.75. The first-order chi connectivity index (χ1) is 8.16. The summed E-state index contributed by atoms with van der Waals surface area (Å²) in [6, 6.07) is 9.41. The van der Waals surface area contributed by atoms with Gasteiger partial charge in [0.25, 0.3) is 0 Å². The summed E-state index contributed by atoms with van der Waals surface area (Å²) in [5.74, 6) is -1.68. The molecule has 0 aliphatic heterocycles. The third-order valence-corrected chi connectivity index (χ3v) is 2.36. The Morgan fingerprint density at radius 3 is 2.35 bits per heavy atom. The van der Waals surface area contributed by atoms with Gasteiger partial charge in [0.1, 0.15) is 17.5 Å². The molecule has 0 aromatic heterocycles. The average molecular weight is 237 g/mol. The average Bonchev–Trinajstić information content (AvgIpc) is 2.30. The fraction of sp³-hybridized carbons (Fsp3) is 0.0769. The van der Waals surface area contributed by atoms with Crippen molar-refractivity contribution in [1.29, 1.82) is 0 Å². The molecule has 2 aromatic carbocycles. The van der Waals surface area contributed by atoms with Crippen LogP contribution in [0.2, 0.25) is 0 Å². The molecule has 2 rings (SSSR count). The summed E-state index contributed by atoms with van der Waals surface area (Å²) >= 11 is 0. The first-order valence-electron chi connectivity index (χ1n) is 5.09. The summed E-state index contributed by atoms with van der Waals surface area (Å²) in [7, 11) is 0. The number of benzene rings is 2. The van der Waals surface area contributed by atoms with E-state index in [1.807, 2.05) is 0 Å². The summed E-state index contributed by atoms with van der Waals surface area (Å²) in [4.78, 5) is 0. The van der Waals surface area contributed by atoms with Crippen LogP contribution in [0.3, 0.4) is 0 Å². The van der Waals surface area contributed by atoms with Crippen molar-refractivity contribution in [3.63, 3.8) is 0 Å². The second-order valence-corrected chi connectivity index (χ2v) is 3.57. The molecular formula is C13H10F3N. The molecule has 0 amide bonds. The number of para-hydroxylation sites is 1. The number of hydrogen-bond acceptors (Lipinski definition) is 1. The standard InChI is InChI=1S/C13H10F3N/c14-10-6-5-9(12(16)7-10)8-17-13-4-2-1-3-11(13)15/h1-7,17H,8H2. The monoisotopic (exact) mass is 237 g/mol. The fourth-order valence-electron chi connectivity index (χ4n) is 1.46. The smallest absolute Gasteiger partial charge is 0.146 e. The van der Waals surface area contributed by atoms with Crippen LogP contribution in [0.1, 0.15) is 5.56 Å². The zero-order valence-corrected chi connectivity index (χ0v) is 8.88. The highest BCUT2D eigenvalue weighted by molar-refractivity contribution is 5.44. The minimum atomic E-state index is -0.645. The van der Waals surface area contributed by atoms with E-state index in [9.17, 15) is 13.2 Å². The molecule has 0 heterocycles. The lowest BCUT2D eigenvalue weighted by atomic mass is 10.2. The zero-order valence-electron chi connectivity index (χ0n) is 8.88. The molecule has 0 aliphatic rings. The topological polar surface area (TPSA) is 12.0 Å². The van der Waals surface area contributed by atoms with Crippen molar-refractivity contribution in [2.45, 2.75) is 6.54 Å². The van der Waals surface area contributed by atoms with Crippen LogP contribution in [0, 0.1) is 17.5 Å². The minimum absolute atomic E-state index is 0.104. The van der Waals surface area contributed by atoms with E-state index >= 15 is 0 Å². The Morgan fingerprint density at radius 1 is 0.882 bits per heavy atom. The molecule has 0 bridgehead atoms. The van der Waals surface area contributed by atoms with Gasteiger partial charge >= 0.3 is 0 Å². The summed E-state index contributed by atoms with van der Waals surface area (Å²) in [6.07, 6.45) is 0. The Hall–Kier alpha value is -1.97. The summed E-state index contributed by atoms with van der Waals surface area (Å²) < 4.78 is 39.2. The fourth-order valence-corrected chi connectivity index (χ4v) is 1.46. The van der Waals surface area contributed by atoms with E-state index in [0.29, 0.717) is 0 Å². The van der Waals surface area contributed by atoms with Crippen molar-refractivity contribution in [3.05, 3.63) is 65.5 Å². The Kier molecular flexibility index (Phi) is 3.32. The number of anilines is 1. The molecule has 2 aromatic rings. The molecule has 1 nitrogen and oxygen atoms in total. The summed E-state index contributed by atoms with van der Waals surface area (Å²) in [6.45, 7) is 0.104. The second-order valence-electron chi connectivity index (χ2n) is 3.57. The van der Waals surface area contributed by atoms with Crippen LogP contribution in [0.25, 0.3) is 0 Å². The maximum absolute atomic E-state index is 13.3. The van der Waals surface area contributed by atoms with Gasteiger partial charge < -0.3 is 5.32 Å². The predicted octanol–water partition coefficient (Wildman–Crippen LogP) is 3.72. The molecule has 0 radical (unpaired) electrons. The lowest BCUT2D eigenvalue weighted by Crippen LogP contribution is -2.03. The lowest BCUT2D eigenvalue weighted by molar-refractivity contribution is 0.573. The van der Waals surface area contributed by atoms with Crippen molar-refractivity contribution in [2.24, 2.45) is 0 Å². The second kappa shape index (κ2) is 4.91. The normalized spacial score (nSPS) is 10.3. The molecule has 88 valence electrons. The highest BCUT2D eigenvalue weighted by atomic mass is 19.1. The van der Waals surface area contributed by atoms with E-state index in [2.05, 4.69) is 5.32 Å². The molecule has 0 aliphatic carbocycles. The lowest BCUT2D eigenvalue weighted by Gasteiger charge is -2.08. The number of hydrogen-bond donors (Lipinski definition) is 1. The Labute approximate surface area is 96.9 Å². The first kappa shape index (κ1) is 11.5. The van der Waals surface area contributed by atoms with E-state index in [4.69, 9.17) is 0 Å². The van der Waals surface area contributed by atoms with Crippen LogP contribution in [-0.2, 0) is 6.54 Å². The highest BCUT2D eigenvalue weighted by Crippen LogP contribution is 2.15. The maximum Gasteiger partial charge on any atom is 0.146 e. The van der Waals surface area contributed by atoms with Crippen LogP contribution < -0.4 is 5.32 Å². The Bertz CT molecular complexity index is 526. The van der Waals surface area contributed by atoms with Gasteiger partial charge in [-0.15, -0.1) is 0 Å². The number of nitrogens with one attached hydrogen (secondary N) is 1. The molecule has 0 fully saturated rings. The van der Waals surface area contributed by atoms with Gasteiger partial charge in [0.15, 0.2) is 0 Å². The SMILES string of the molecule is Fc1ccc(CNc2ccccc2F)c(F)c1.